The average Bonchev–Trinajstić information content (AvgIpc) is 3.71. The summed E-state index contributed by atoms with van der Waals surface area (Å²) in [4.78, 5) is 40.7. The van der Waals surface area contributed by atoms with Crippen LogP contribution in [0, 0.1) is 0 Å². The molecule has 0 spiro atoms. The molecular weight excluding hydrogens is 580 g/mol. The average molecular weight is 617 g/mol. The van der Waals surface area contributed by atoms with Crippen molar-refractivity contribution < 1.29 is 19.1 Å². The van der Waals surface area contributed by atoms with Gasteiger partial charge >= 0.3 is 12.2 Å². The molecule has 2 atom stereocenters. The Morgan fingerprint density at radius 3 is 1.43 bits per heavy atom. The molecule has 46 heavy (non-hydrogen) atoms. The fourth-order valence-corrected chi connectivity index (χ4v) is 5.18. The first-order chi connectivity index (χ1) is 22.4. The maximum Gasteiger partial charge on any atom is 0.408 e. The Morgan fingerprint density at radius 1 is 0.609 bits per heavy atom. The molecule has 0 bridgehead atoms. The van der Waals surface area contributed by atoms with Crippen molar-refractivity contribution in [2.45, 2.75) is 52.0 Å². The van der Waals surface area contributed by atoms with Crippen LogP contribution in [0.2, 0.25) is 0 Å². The largest absolute Gasteiger partial charge is 0.445 e. The van der Waals surface area contributed by atoms with E-state index in [9.17, 15) is 9.59 Å². The summed E-state index contributed by atoms with van der Waals surface area (Å²) < 4.78 is 10.7. The summed E-state index contributed by atoms with van der Waals surface area (Å²) in [5.74, 6) is 1.33. The van der Waals surface area contributed by atoms with Gasteiger partial charge in [-0.2, -0.15) is 0 Å². The van der Waals surface area contributed by atoms with E-state index in [1.165, 1.54) is 11.1 Å². The number of carbonyl (C=O) groups excluding carboxylic acids is 2. The van der Waals surface area contributed by atoms with E-state index >= 15 is 0 Å². The smallest absolute Gasteiger partial charge is 0.408 e. The summed E-state index contributed by atoms with van der Waals surface area (Å²) in [6.07, 6.45) is 0.681. The molecule has 6 rings (SSSR count). The standard InChI is InChI=1S/C36H36N6O4/c1-23(37-35(43)45-21-27-9-5-3-6-10-27)33-39-29-17-15-25(19-31(29)41-33)13-14-26-16-18-30-32(20-26)42-34(40-30)24(2)38-36(44)46-22-28-11-7-4-8-12-28/h3-12,15-20,23-24H,13-14,21-22H2,1-2H3,(H,37,43)(H,38,44)(H,39,41)(H,40,42)/t23-,24-/m0/s1. The number of nitrogens with one attached hydrogen (secondary N) is 4. The number of hydrogen-bond acceptors (Lipinski definition) is 6. The first kappa shape index (κ1) is 30.4. The summed E-state index contributed by atoms with van der Waals surface area (Å²) in [6.45, 7) is 4.15. The van der Waals surface area contributed by atoms with E-state index in [4.69, 9.17) is 9.47 Å². The zero-order valence-electron chi connectivity index (χ0n) is 25.7. The number of fused-ring (bicyclic) bond motifs is 2. The van der Waals surface area contributed by atoms with Gasteiger partial charge in [-0.15, -0.1) is 0 Å². The Morgan fingerprint density at radius 2 is 1.02 bits per heavy atom. The predicted octanol–water partition coefficient (Wildman–Crippen LogP) is 7.20. The van der Waals surface area contributed by atoms with Crippen LogP contribution in [0.1, 0.15) is 59.8 Å². The Balaban J connectivity index is 1.02. The molecule has 0 unspecified atom stereocenters. The number of carbonyl (C=O) groups is 2. The summed E-state index contributed by atoms with van der Waals surface area (Å²) >= 11 is 0. The number of nitrogens with zero attached hydrogens (tertiary/aromatic N) is 2. The van der Waals surface area contributed by atoms with Gasteiger partial charge in [0.25, 0.3) is 0 Å². The van der Waals surface area contributed by atoms with Crippen molar-refractivity contribution in [2.75, 3.05) is 0 Å². The van der Waals surface area contributed by atoms with Gasteiger partial charge < -0.3 is 30.1 Å². The van der Waals surface area contributed by atoms with Crippen LogP contribution in [0.4, 0.5) is 9.59 Å². The van der Waals surface area contributed by atoms with Gasteiger partial charge in [0.2, 0.25) is 0 Å². The van der Waals surface area contributed by atoms with Gasteiger partial charge in [0.15, 0.2) is 0 Å². The first-order valence-corrected chi connectivity index (χ1v) is 15.3. The molecule has 0 aliphatic carbocycles. The normalized spacial score (nSPS) is 12.5. The van der Waals surface area contributed by atoms with Crippen LogP contribution in [0.5, 0.6) is 0 Å². The number of alkyl carbamates (subject to hydrolysis) is 2. The highest BCUT2D eigenvalue weighted by Gasteiger charge is 2.16. The molecule has 0 aliphatic rings. The summed E-state index contributed by atoms with van der Waals surface area (Å²) in [6, 6.07) is 30.8. The minimum atomic E-state index is -0.495. The summed E-state index contributed by atoms with van der Waals surface area (Å²) in [7, 11) is 0. The van der Waals surface area contributed by atoms with Crippen LogP contribution in [0.25, 0.3) is 22.1 Å². The lowest BCUT2D eigenvalue weighted by atomic mass is 10.0. The Kier molecular flexibility index (Phi) is 9.24. The lowest BCUT2D eigenvalue weighted by molar-refractivity contribution is 0.135. The van der Waals surface area contributed by atoms with Crippen molar-refractivity contribution in [3.63, 3.8) is 0 Å². The topological polar surface area (TPSA) is 134 Å². The van der Waals surface area contributed by atoms with Crippen LogP contribution in [0.3, 0.4) is 0 Å². The lowest BCUT2D eigenvalue weighted by Crippen LogP contribution is -2.27. The molecule has 4 N–H and O–H groups in total. The zero-order chi connectivity index (χ0) is 31.9. The van der Waals surface area contributed by atoms with E-state index in [0.29, 0.717) is 11.6 Å². The van der Waals surface area contributed by atoms with Gasteiger partial charge in [0.1, 0.15) is 24.9 Å². The maximum atomic E-state index is 12.3. The Labute approximate surface area is 266 Å². The fourth-order valence-electron chi connectivity index (χ4n) is 5.18. The van der Waals surface area contributed by atoms with Gasteiger partial charge in [-0.1, -0.05) is 72.8 Å². The fraction of sp³-hybridized carbons (Fsp3) is 0.222. The van der Waals surface area contributed by atoms with E-state index in [0.717, 1.165) is 46.0 Å². The van der Waals surface area contributed by atoms with Crippen LogP contribution >= 0.6 is 0 Å². The van der Waals surface area contributed by atoms with Gasteiger partial charge in [-0.3, -0.25) is 0 Å². The maximum absolute atomic E-state index is 12.3. The van der Waals surface area contributed by atoms with Gasteiger partial charge in [0.05, 0.1) is 34.2 Å². The highest BCUT2D eigenvalue weighted by Crippen LogP contribution is 2.21. The molecule has 234 valence electrons. The molecule has 0 fully saturated rings. The van der Waals surface area contributed by atoms with Crippen molar-refractivity contribution in [1.29, 1.82) is 0 Å². The second kappa shape index (κ2) is 14.0. The van der Waals surface area contributed by atoms with E-state index < -0.39 is 12.2 Å². The molecule has 2 aromatic heterocycles. The second-order valence-electron chi connectivity index (χ2n) is 11.3. The van der Waals surface area contributed by atoms with Crippen LogP contribution < -0.4 is 10.6 Å². The van der Waals surface area contributed by atoms with E-state index in [1.54, 1.807) is 0 Å². The van der Waals surface area contributed by atoms with Crippen molar-refractivity contribution in [3.8, 4) is 0 Å². The number of H-pyrrole nitrogens is 2. The number of amides is 2. The molecule has 2 amide bonds. The minimum Gasteiger partial charge on any atom is -0.445 e. The van der Waals surface area contributed by atoms with Crippen molar-refractivity contribution in [3.05, 3.63) is 131 Å². The second-order valence-corrected chi connectivity index (χ2v) is 11.3. The molecule has 4 aromatic carbocycles. The quantitative estimate of drug-likeness (QED) is 0.122. The summed E-state index contributed by atoms with van der Waals surface area (Å²) in [5.41, 5.74) is 7.69. The van der Waals surface area contributed by atoms with Gasteiger partial charge in [-0.25, -0.2) is 19.6 Å². The van der Waals surface area contributed by atoms with E-state index in [-0.39, 0.29) is 25.3 Å². The SMILES string of the molecule is C[C@H](NC(=O)OCc1ccccc1)c1nc2ccc(CCc3ccc4nc([C@H](C)NC(=O)OCc5ccccc5)[nH]c4c3)cc2[nH]1. The highest BCUT2D eigenvalue weighted by atomic mass is 16.6. The zero-order valence-corrected chi connectivity index (χ0v) is 25.7. The molecule has 0 saturated heterocycles. The third-order valence-corrected chi connectivity index (χ3v) is 7.75. The molecule has 10 heteroatoms. The Hall–Kier alpha value is -5.64. The van der Waals surface area contributed by atoms with E-state index in [2.05, 4.69) is 54.8 Å². The number of imidazole rings is 2. The minimum absolute atomic E-state index is 0.208. The third kappa shape index (κ3) is 7.71. The monoisotopic (exact) mass is 616 g/mol. The van der Waals surface area contributed by atoms with Crippen molar-refractivity contribution in [2.24, 2.45) is 0 Å². The van der Waals surface area contributed by atoms with Gasteiger partial charge in [0, 0.05) is 0 Å². The van der Waals surface area contributed by atoms with Crippen LogP contribution in [-0.2, 0) is 35.5 Å². The number of ether oxygens (including phenoxy) is 2. The number of rotatable bonds is 11. The molecule has 6 aromatic rings. The van der Waals surface area contributed by atoms with Crippen molar-refractivity contribution >= 4 is 34.3 Å². The highest BCUT2D eigenvalue weighted by molar-refractivity contribution is 5.77. The number of aromatic nitrogens is 4. The lowest BCUT2D eigenvalue weighted by Gasteiger charge is -2.11. The molecule has 2 heterocycles. The van der Waals surface area contributed by atoms with Crippen LogP contribution in [0.15, 0.2) is 97.1 Å². The number of hydrogen-bond donors (Lipinski definition) is 4. The predicted molar refractivity (Wildman–Crippen MR) is 176 cm³/mol. The van der Waals surface area contributed by atoms with Crippen molar-refractivity contribution in [1.82, 2.24) is 30.6 Å². The first-order valence-electron chi connectivity index (χ1n) is 15.3. The molecule has 0 radical (unpaired) electrons. The molecular formula is C36H36N6O4. The summed E-state index contributed by atoms with van der Waals surface area (Å²) in [5, 5.41) is 5.69. The molecule has 10 nitrogen and oxygen atoms in total. The number of aryl methyl sites for hydroxylation is 2. The van der Waals surface area contributed by atoms with Crippen LogP contribution in [-0.4, -0.2) is 32.1 Å². The number of aromatic amines is 2. The molecule has 0 aliphatic heterocycles. The van der Waals surface area contributed by atoms with Gasteiger partial charge in [-0.05, 0) is 73.2 Å². The van der Waals surface area contributed by atoms with E-state index in [1.807, 2.05) is 86.6 Å². The molecule has 0 saturated carbocycles. The number of benzene rings is 4. The Bertz CT molecular complexity index is 1790. The third-order valence-electron chi connectivity index (χ3n) is 7.75.